The Morgan fingerprint density at radius 2 is 2.19 bits per heavy atom. The largest absolute Gasteiger partial charge is 0.497 e. The maximum Gasteiger partial charge on any atom is 0.254 e. The van der Waals surface area contributed by atoms with Crippen LogP contribution in [0.15, 0.2) is 36.7 Å². The molecule has 1 aromatic carbocycles. The van der Waals surface area contributed by atoms with Crippen molar-refractivity contribution >= 4 is 17.1 Å². The number of benzene rings is 1. The molecule has 1 unspecified atom stereocenters. The van der Waals surface area contributed by atoms with Gasteiger partial charge >= 0.3 is 0 Å². The van der Waals surface area contributed by atoms with Gasteiger partial charge in [0.2, 0.25) is 0 Å². The Hall–Kier alpha value is -3.00. The molecule has 1 fully saturated rings. The monoisotopic (exact) mass is 366 g/mol. The number of fused-ring (bicyclic) bond motifs is 1. The molecule has 8 heteroatoms. The van der Waals surface area contributed by atoms with Crippen LogP contribution < -0.4 is 10.5 Å². The first-order valence-electron chi connectivity index (χ1n) is 9.02. The summed E-state index contributed by atoms with van der Waals surface area (Å²) in [6, 6.07) is 7.25. The van der Waals surface area contributed by atoms with E-state index in [1.807, 2.05) is 27.8 Å². The van der Waals surface area contributed by atoms with Crippen molar-refractivity contribution in [3.63, 3.8) is 0 Å². The molecule has 4 rings (SSSR count). The fraction of sp³-hybridized carbons (Fsp3) is 0.368. The molecule has 0 saturated carbocycles. The van der Waals surface area contributed by atoms with E-state index >= 15 is 0 Å². The molecule has 1 saturated heterocycles. The van der Waals surface area contributed by atoms with Gasteiger partial charge in [0, 0.05) is 43.5 Å². The van der Waals surface area contributed by atoms with Crippen molar-refractivity contribution < 1.29 is 9.53 Å². The molecule has 0 spiro atoms. The fourth-order valence-corrected chi connectivity index (χ4v) is 3.58. The van der Waals surface area contributed by atoms with Crippen LogP contribution in [0.4, 0.5) is 0 Å². The standard InChI is InChI=1S/C19H22N6O2/c1-27-15-4-2-3-13(11-15)19(26)24-9-5-14(12-24)16-17-18(22-8-7-21-17)25(23-16)10-6-20/h2-4,7-8,11,14H,5-6,9-10,12,20H2,1H3. The summed E-state index contributed by atoms with van der Waals surface area (Å²) in [5.74, 6) is 0.823. The van der Waals surface area contributed by atoms with Crippen LogP contribution >= 0.6 is 0 Å². The summed E-state index contributed by atoms with van der Waals surface area (Å²) in [5.41, 5.74) is 8.76. The first-order valence-corrected chi connectivity index (χ1v) is 9.02. The Balaban J connectivity index is 1.58. The van der Waals surface area contributed by atoms with Crippen LogP contribution in [0.1, 0.15) is 28.4 Å². The van der Waals surface area contributed by atoms with Crippen molar-refractivity contribution in [3.8, 4) is 5.75 Å². The number of likely N-dealkylation sites (tertiary alicyclic amines) is 1. The molecule has 0 aliphatic carbocycles. The molecule has 2 N–H and O–H groups in total. The quantitative estimate of drug-likeness (QED) is 0.733. The molecular formula is C19H22N6O2. The summed E-state index contributed by atoms with van der Waals surface area (Å²) in [7, 11) is 1.60. The molecule has 27 heavy (non-hydrogen) atoms. The molecule has 1 aliphatic rings. The van der Waals surface area contributed by atoms with Crippen LogP contribution in [0.25, 0.3) is 11.2 Å². The van der Waals surface area contributed by atoms with Gasteiger partial charge in [-0.2, -0.15) is 5.10 Å². The van der Waals surface area contributed by atoms with Gasteiger partial charge in [0.15, 0.2) is 5.65 Å². The summed E-state index contributed by atoms with van der Waals surface area (Å²) in [6.07, 6.45) is 4.18. The first kappa shape index (κ1) is 17.4. The number of ether oxygens (including phenoxy) is 1. The minimum atomic E-state index is 0.00757. The minimum absolute atomic E-state index is 0.00757. The average Bonchev–Trinajstić information content (AvgIpc) is 3.33. The van der Waals surface area contributed by atoms with Gasteiger partial charge in [0.05, 0.1) is 19.3 Å². The van der Waals surface area contributed by atoms with Crippen molar-refractivity contribution in [1.82, 2.24) is 24.6 Å². The molecule has 0 radical (unpaired) electrons. The Labute approximate surface area is 157 Å². The second-order valence-electron chi connectivity index (χ2n) is 6.59. The van der Waals surface area contributed by atoms with Crippen LogP contribution in [-0.2, 0) is 6.54 Å². The zero-order valence-corrected chi connectivity index (χ0v) is 15.2. The summed E-state index contributed by atoms with van der Waals surface area (Å²) >= 11 is 0. The number of amides is 1. The highest BCUT2D eigenvalue weighted by molar-refractivity contribution is 5.95. The zero-order chi connectivity index (χ0) is 18.8. The highest BCUT2D eigenvalue weighted by atomic mass is 16.5. The summed E-state index contributed by atoms with van der Waals surface area (Å²) in [6.45, 7) is 2.37. The Morgan fingerprint density at radius 1 is 1.33 bits per heavy atom. The van der Waals surface area contributed by atoms with E-state index in [1.165, 1.54) is 0 Å². The number of hydrogen-bond donors (Lipinski definition) is 1. The second kappa shape index (κ2) is 7.32. The van der Waals surface area contributed by atoms with E-state index in [0.717, 1.165) is 23.3 Å². The Kier molecular flexibility index (Phi) is 4.72. The van der Waals surface area contributed by atoms with Gasteiger partial charge in [-0.1, -0.05) is 6.07 Å². The molecule has 1 aliphatic heterocycles. The van der Waals surface area contributed by atoms with Crippen molar-refractivity contribution in [3.05, 3.63) is 47.9 Å². The minimum Gasteiger partial charge on any atom is -0.497 e. The zero-order valence-electron chi connectivity index (χ0n) is 15.2. The third kappa shape index (κ3) is 3.23. The lowest BCUT2D eigenvalue weighted by Gasteiger charge is -2.16. The van der Waals surface area contributed by atoms with Gasteiger partial charge in [-0.05, 0) is 24.6 Å². The number of rotatable bonds is 5. The molecule has 8 nitrogen and oxygen atoms in total. The van der Waals surface area contributed by atoms with Gasteiger partial charge < -0.3 is 15.4 Å². The number of carbonyl (C=O) groups is 1. The molecule has 1 atom stereocenters. The maximum absolute atomic E-state index is 12.9. The van der Waals surface area contributed by atoms with E-state index in [-0.39, 0.29) is 11.8 Å². The lowest BCUT2D eigenvalue weighted by molar-refractivity contribution is 0.0790. The summed E-state index contributed by atoms with van der Waals surface area (Å²) in [4.78, 5) is 23.6. The van der Waals surface area contributed by atoms with Gasteiger partial charge in [-0.3, -0.25) is 4.79 Å². The summed E-state index contributed by atoms with van der Waals surface area (Å²) in [5, 5.41) is 4.71. The highest BCUT2D eigenvalue weighted by Gasteiger charge is 2.31. The van der Waals surface area contributed by atoms with Crippen molar-refractivity contribution in [1.29, 1.82) is 0 Å². The third-order valence-electron chi connectivity index (χ3n) is 4.91. The first-order chi connectivity index (χ1) is 13.2. The number of carbonyl (C=O) groups excluding carboxylic acids is 1. The molecular weight excluding hydrogens is 344 g/mol. The number of aromatic nitrogens is 4. The van der Waals surface area contributed by atoms with E-state index in [0.29, 0.717) is 37.5 Å². The number of nitrogens with two attached hydrogens (primary N) is 1. The summed E-state index contributed by atoms with van der Waals surface area (Å²) < 4.78 is 7.03. The normalized spacial score (nSPS) is 16.8. The molecule has 3 aromatic rings. The number of nitrogens with zero attached hydrogens (tertiary/aromatic N) is 5. The number of methoxy groups -OCH3 is 1. The van der Waals surface area contributed by atoms with E-state index in [4.69, 9.17) is 15.6 Å². The topological polar surface area (TPSA) is 99.2 Å². The van der Waals surface area contributed by atoms with Crippen LogP contribution in [0, 0.1) is 0 Å². The molecule has 2 aromatic heterocycles. The van der Waals surface area contributed by atoms with Gasteiger partial charge in [0.25, 0.3) is 5.91 Å². The predicted molar refractivity (Wildman–Crippen MR) is 101 cm³/mol. The Bertz CT molecular complexity index is 970. The van der Waals surface area contributed by atoms with Crippen LogP contribution in [0.2, 0.25) is 0 Å². The van der Waals surface area contributed by atoms with Crippen molar-refractivity contribution in [2.45, 2.75) is 18.9 Å². The van der Waals surface area contributed by atoms with Crippen LogP contribution in [0.3, 0.4) is 0 Å². The lowest BCUT2D eigenvalue weighted by Crippen LogP contribution is -2.28. The predicted octanol–water partition coefficient (Wildman–Crippen LogP) is 1.42. The fourth-order valence-electron chi connectivity index (χ4n) is 3.58. The molecule has 0 bridgehead atoms. The van der Waals surface area contributed by atoms with Gasteiger partial charge in [-0.25, -0.2) is 14.6 Å². The van der Waals surface area contributed by atoms with E-state index < -0.39 is 0 Å². The lowest BCUT2D eigenvalue weighted by atomic mass is 10.0. The van der Waals surface area contributed by atoms with E-state index in [2.05, 4.69) is 9.97 Å². The third-order valence-corrected chi connectivity index (χ3v) is 4.91. The molecule has 140 valence electrons. The van der Waals surface area contributed by atoms with Crippen molar-refractivity contribution in [2.75, 3.05) is 26.7 Å². The number of hydrogen-bond acceptors (Lipinski definition) is 6. The van der Waals surface area contributed by atoms with E-state index in [9.17, 15) is 4.79 Å². The molecule has 1 amide bonds. The molecule has 3 heterocycles. The maximum atomic E-state index is 12.9. The smallest absolute Gasteiger partial charge is 0.254 e. The highest BCUT2D eigenvalue weighted by Crippen LogP contribution is 2.31. The average molecular weight is 366 g/mol. The van der Waals surface area contributed by atoms with Gasteiger partial charge in [-0.15, -0.1) is 0 Å². The SMILES string of the molecule is COc1cccc(C(=O)N2CCC(c3nn(CCN)c4nccnc34)C2)c1. The van der Waals surface area contributed by atoms with Crippen LogP contribution in [-0.4, -0.2) is 57.3 Å². The van der Waals surface area contributed by atoms with E-state index in [1.54, 1.807) is 25.6 Å². The van der Waals surface area contributed by atoms with Crippen molar-refractivity contribution in [2.24, 2.45) is 5.73 Å². The second-order valence-corrected chi connectivity index (χ2v) is 6.59. The Morgan fingerprint density at radius 3 is 3.00 bits per heavy atom. The van der Waals surface area contributed by atoms with Gasteiger partial charge in [0.1, 0.15) is 11.3 Å². The van der Waals surface area contributed by atoms with Crippen LogP contribution in [0.5, 0.6) is 5.75 Å².